The number of nitrogens with zero attached hydrogens (tertiary/aromatic N) is 1. The minimum absolute atomic E-state index is 0.0787. The summed E-state index contributed by atoms with van der Waals surface area (Å²) in [6.45, 7) is 1.80. The number of ether oxygens (including phenoxy) is 3. The molecule has 0 amide bonds. The number of carbonyl (C=O) groups is 1. The number of thioether (sulfide) groups is 1. The SMILES string of the molecule is CCOC(=O)C1=C(O)/C(=C\c2c(O)cc(OC)cc2OC)SC1=Nc1ccccc1Cl. The number of aromatic hydroxyl groups is 1. The van der Waals surface area contributed by atoms with E-state index in [1.165, 1.54) is 26.4 Å². The number of para-hydroxylation sites is 1. The molecule has 0 spiro atoms. The molecule has 2 N–H and O–H groups in total. The number of benzene rings is 2. The van der Waals surface area contributed by atoms with E-state index in [0.29, 0.717) is 27.8 Å². The van der Waals surface area contributed by atoms with E-state index in [-0.39, 0.29) is 33.6 Å². The van der Waals surface area contributed by atoms with Crippen molar-refractivity contribution >= 4 is 46.1 Å². The Morgan fingerprint density at radius 3 is 2.58 bits per heavy atom. The number of hydrogen-bond acceptors (Lipinski definition) is 8. The maximum absolute atomic E-state index is 12.5. The fraction of sp³-hybridized carbons (Fsp3) is 0.182. The summed E-state index contributed by atoms with van der Waals surface area (Å²) in [4.78, 5) is 17.3. The van der Waals surface area contributed by atoms with Crippen molar-refractivity contribution < 1.29 is 29.2 Å². The van der Waals surface area contributed by atoms with Gasteiger partial charge in [-0.1, -0.05) is 35.5 Å². The number of phenols is 1. The molecular weight excluding hydrogens is 442 g/mol. The molecule has 0 atom stereocenters. The van der Waals surface area contributed by atoms with E-state index in [9.17, 15) is 15.0 Å². The molecule has 1 aliphatic rings. The fourth-order valence-corrected chi connectivity index (χ4v) is 3.98. The molecule has 0 unspecified atom stereocenters. The maximum Gasteiger partial charge on any atom is 0.344 e. The third-order valence-corrected chi connectivity index (χ3v) is 5.61. The van der Waals surface area contributed by atoms with Crippen LogP contribution in [0.5, 0.6) is 17.2 Å². The number of esters is 1. The average molecular weight is 462 g/mol. The number of halogens is 1. The zero-order valence-corrected chi connectivity index (χ0v) is 18.6. The van der Waals surface area contributed by atoms with Gasteiger partial charge in [-0.2, -0.15) is 0 Å². The first kappa shape index (κ1) is 22.6. The molecule has 2 aromatic rings. The van der Waals surface area contributed by atoms with Crippen LogP contribution in [0.2, 0.25) is 5.02 Å². The topological polar surface area (TPSA) is 97.6 Å². The molecule has 0 aromatic heterocycles. The Morgan fingerprint density at radius 1 is 1.19 bits per heavy atom. The normalized spacial score (nSPS) is 16.1. The quantitative estimate of drug-likeness (QED) is 0.566. The lowest BCUT2D eigenvalue weighted by molar-refractivity contribution is -0.138. The molecule has 31 heavy (non-hydrogen) atoms. The molecule has 0 aliphatic carbocycles. The van der Waals surface area contributed by atoms with Crippen molar-refractivity contribution in [1.29, 1.82) is 0 Å². The highest BCUT2D eigenvalue weighted by atomic mass is 35.5. The van der Waals surface area contributed by atoms with Crippen LogP contribution in [-0.4, -0.2) is 42.1 Å². The monoisotopic (exact) mass is 461 g/mol. The number of methoxy groups -OCH3 is 2. The molecule has 0 saturated heterocycles. The summed E-state index contributed by atoms with van der Waals surface area (Å²) in [5.74, 6) is -0.416. The Bertz CT molecular complexity index is 1110. The smallest absolute Gasteiger partial charge is 0.344 e. The van der Waals surface area contributed by atoms with Gasteiger partial charge in [0.1, 0.15) is 33.6 Å². The first-order chi connectivity index (χ1) is 14.9. The molecule has 1 heterocycles. The van der Waals surface area contributed by atoms with Gasteiger partial charge < -0.3 is 24.4 Å². The number of carbonyl (C=O) groups excluding carboxylic acids is 1. The highest BCUT2D eigenvalue weighted by Gasteiger charge is 2.34. The number of aliphatic imine (C=N–C) groups is 1. The van der Waals surface area contributed by atoms with Crippen LogP contribution in [0.3, 0.4) is 0 Å². The van der Waals surface area contributed by atoms with E-state index in [4.69, 9.17) is 25.8 Å². The van der Waals surface area contributed by atoms with Crippen LogP contribution in [0, 0.1) is 0 Å². The van der Waals surface area contributed by atoms with Gasteiger partial charge in [0, 0.05) is 12.1 Å². The van der Waals surface area contributed by atoms with Gasteiger partial charge in [-0.15, -0.1) is 0 Å². The summed E-state index contributed by atoms with van der Waals surface area (Å²) in [6.07, 6.45) is 1.50. The zero-order valence-electron chi connectivity index (χ0n) is 17.0. The lowest BCUT2D eigenvalue weighted by Crippen LogP contribution is -2.12. The van der Waals surface area contributed by atoms with Gasteiger partial charge in [0.15, 0.2) is 0 Å². The first-order valence-corrected chi connectivity index (χ1v) is 10.4. The second-order valence-electron chi connectivity index (χ2n) is 6.19. The van der Waals surface area contributed by atoms with Crippen molar-refractivity contribution in [3.63, 3.8) is 0 Å². The molecule has 0 saturated carbocycles. The molecule has 0 fully saturated rings. The van der Waals surface area contributed by atoms with E-state index >= 15 is 0 Å². The second kappa shape index (κ2) is 9.80. The van der Waals surface area contributed by atoms with Gasteiger partial charge in [0.05, 0.1) is 42.0 Å². The van der Waals surface area contributed by atoms with Crippen molar-refractivity contribution in [2.75, 3.05) is 20.8 Å². The van der Waals surface area contributed by atoms with Crippen molar-refractivity contribution in [3.05, 3.63) is 63.2 Å². The minimum Gasteiger partial charge on any atom is -0.507 e. The summed E-state index contributed by atoms with van der Waals surface area (Å²) in [6, 6.07) is 9.89. The van der Waals surface area contributed by atoms with Gasteiger partial charge in [-0.25, -0.2) is 9.79 Å². The largest absolute Gasteiger partial charge is 0.507 e. The van der Waals surface area contributed by atoms with E-state index in [2.05, 4.69) is 4.99 Å². The zero-order chi connectivity index (χ0) is 22.5. The predicted octanol–water partition coefficient (Wildman–Crippen LogP) is 5.26. The van der Waals surface area contributed by atoms with E-state index in [1.807, 2.05) is 0 Å². The molecule has 7 nitrogen and oxygen atoms in total. The van der Waals surface area contributed by atoms with E-state index in [1.54, 1.807) is 37.3 Å². The van der Waals surface area contributed by atoms with Gasteiger partial charge in [0.25, 0.3) is 0 Å². The second-order valence-corrected chi connectivity index (χ2v) is 7.62. The standard InChI is InChI=1S/C22H20ClNO6S/c1-4-30-22(27)19-20(26)18(31-21(19)24-15-8-6-5-7-14(15)23)11-13-16(25)9-12(28-2)10-17(13)29-3/h5-11,25-26H,4H2,1-3H3/b18-11+,24-21?. The molecule has 2 aromatic carbocycles. The number of phenolic OH excluding ortho intramolecular Hbond substituents is 1. The summed E-state index contributed by atoms with van der Waals surface area (Å²) in [5, 5.41) is 21.9. The van der Waals surface area contributed by atoms with Crippen LogP contribution >= 0.6 is 23.4 Å². The van der Waals surface area contributed by atoms with E-state index < -0.39 is 5.97 Å². The Kier molecular flexibility index (Phi) is 7.14. The predicted molar refractivity (Wildman–Crippen MR) is 122 cm³/mol. The van der Waals surface area contributed by atoms with Crippen molar-refractivity contribution in [1.82, 2.24) is 0 Å². The fourth-order valence-electron chi connectivity index (χ4n) is 2.79. The number of aliphatic hydroxyl groups excluding tert-OH is 1. The molecular formula is C22H20ClNO6S. The summed E-state index contributed by atoms with van der Waals surface area (Å²) in [7, 11) is 2.92. The van der Waals surface area contributed by atoms with Gasteiger partial charge >= 0.3 is 5.97 Å². The molecule has 0 bridgehead atoms. The Hall–Kier alpha value is -3.10. The van der Waals surface area contributed by atoms with Crippen LogP contribution in [-0.2, 0) is 9.53 Å². The maximum atomic E-state index is 12.5. The van der Waals surface area contributed by atoms with Crippen molar-refractivity contribution in [3.8, 4) is 17.2 Å². The first-order valence-electron chi connectivity index (χ1n) is 9.18. The lowest BCUT2D eigenvalue weighted by atomic mass is 10.1. The van der Waals surface area contributed by atoms with Crippen molar-refractivity contribution in [2.45, 2.75) is 6.92 Å². The van der Waals surface area contributed by atoms with Crippen LogP contribution < -0.4 is 9.47 Å². The Morgan fingerprint density at radius 2 is 1.94 bits per heavy atom. The molecule has 3 rings (SSSR count). The molecule has 162 valence electrons. The van der Waals surface area contributed by atoms with Crippen LogP contribution in [0.4, 0.5) is 5.69 Å². The third-order valence-electron chi connectivity index (χ3n) is 4.27. The highest BCUT2D eigenvalue weighted by Crippen LogP contribution is 2.43. The third kappa shape index (κ3) is 4.81. The van der Waals surface area contributed by atoms with Gasteiger partial charge in [0.2, 0.25) is 0 Å². The lowest BCUT2D eigenvalue weighted by Gasteiger charge is -2.10. The highest BCUT2D eigenvalue weighted by molar-refractivity contribution is 8.18. The molecule has 0 radical (unpaired) electrons. The summed E-state index contributed by atoms with van der Waals surface area (Å²) < 4.78 is 15.6. The summed E-state index contributed by atoms with van der Waals surface area (Å²) >= 11 is 7.24. The van der Waals surface area contributed by atoms with Gasteiger partial charge in [-0.05, 0) is 25.1 Å². The number of rotatable bonds is 6. The molecule has 9 heteroatoms. The Labute approximate surface area is 188 Å². The van der Waals surface area contributed by atoms with Gasteiger partial charge in [-0.3, -0.25) is 0 Å². The van der Waals surface area contributed by atoms with Crippen LogP contribution in [0.25, 0.3) is 6.08 Å². The number of aliphatic hydroxyl groups is 1. The number of hydrogen-bond donors (Lipinski definition) is 2. The van der Waals surface area contributed by atoms with E-state index in [0.717, 1.165) is 11.8 Å². The average Bonchev–Trinajstić information content (AvgIpc) is 3.05. The van der Waals surface area contributed by atoms with Crippen LogP contribution in [0.15, 0.2) is 57.6 Å². The Balaban J connectivity index is 2.13. The van der Waals surface area contributed by atoms with Crippen molar-refractivity contribution in [2.24, 2.45) is 4.99 Å². The molecule has 1 aliphatic heterocycles. The minimum atomic E-state index is -0.715. The van der Waals surface area contributed by atoms with Crippen LogP contribution in [0.1, 0.15) is 12.5 Å². The summed E-state index contributed by atoms with van der Waals surface area (Å²) in [5.41, 5.74) is 0.664.